The van der Waals surface area contributed by atoms with E-state index < -0.39 is 45.0 Å². The zero-order chi connectivity index (χ0) is 20.2. The standard InChI is InChI=1S/C16H14F3N3O4S/c17-11-5-6-12(14(19)13(11)18)22-16(24)15(23)21-8-7-9-1-3-10(4-2-9)27(20,25)26/h1-6H,7-8H2,(H,21,23)(H,22,24)(H2,20,25,26). The van der Waals surface area contributed by atoms with Crippen molar-refractivity contribution in [2.45, 2.75) is 11.3 Å². The van der Waals surface area contributed by atoms with Gasteiger partial charge in [-0.3, -0.25) is 9.59 Å². The minimum absolute atomic E-state index is 0.0151. The van der Waals surface area contributed by atoms with Gasteiger partial charge >= 0.3 is 11.8 Å². The van der Waals surface area contributed by atoms with Gasteiger partial charge in [0.25, 0.3) is 0 Å². The van der Waals surface area contributed by atoms with Crippen LogP contribution >= 0.6 is 0 Å². The van der Waals surface area contributed by atoms with Gasteiger partial charge in [0, 0.05) is 6.54 Å². The molecule has 0 saturated carbocycles. The molecule has 2 amide bonds. The average Bonchev–Trinajstić information content (AvgIpc) is 2.61. The largest absolute Gasteiger partial charge is 0.347 e. The molecule has 0 fully saturated rings. The number of sulfonamides is 1. The highest BCUT2D eigenvalue weighted by Gasteiger charge is 2.19. The number of carbonyl (C=O) groups is 2. The molecule has 0 atom stereocenters. The summed E-state index contributed by atoms with van der Waals surface area (Å²) in [6, 6.07) is 6.96. The van der Waals surface area contributed by atoms with E-state index in [-0.39, 0.29) is 17.9 Å². The Morgan fingerprint density at radius 3 is 2.15 bits per heavy atom. The van der Waals surface area contributed by atoms with Gasteiger partial charge in [0.2, 0.25) is 10.0 Å². The molecule has 7 nitrogen and oxygen atoms in total. The lowest BCUT2D eigenvalue weighted by atomic mass is 10.1. The Kier molecular flexibility index (Phi) is 6.18. The van der Waals surface area contributed by atoms with Crippen LogP contribution in [0.1, 0.15) is 5.56 Å². The van der Waals surface area contributed by atoms with Crippen LogP contribution in [0.4, 0.5) is 18.9 Å². The first kappa shape index (κ1) is 20.4. The van der Waals surface area contributed by atoms with Crippen molar-refractivity contribution >= 4 is 27.5 Å². The number of primary sulfonamides is 1. The summed E-state index contributed by atoms with van der Waals surface area (Å²) in [7, 11) is -3.81. The fourth-order valence-electron chi connectivity index (χ4n) is 2.05. The van der Waals surface area contributed by atoms with Gasteiger partial charge in [-0.2, -0.15) is 0 Å². The monoisotopic (exact) mass is 401 g/mol. The Balaban J connectivity index is 1.88. The molecule has 0 aliphatic heterocycles. The van der Waals surface area contributed by atoms with Crippen LogP contribution in [0, 0.1) is 17.5 Å². The van der Waals surface area contributed by atoms with Crippen molar-refractivity contribution in [1.29, 1.82) is 0 Å². The van der Waals surface area contributed by atoms with Crippen LogP contribution in [-0.4, -0.2) is 26.8 Å². The van der Waals surface area contributed by atoms with E-state index in [1.807, 2.05) is 5.32 Å². The first-order valence-electron chi connectivity index (χ1n) is 7.44. The van der Waals surface area contributed by atoms with Crippen molar-refractivity contribution in [2.24, 2.45) is 5.14 Å². The molecule has 0 heterocycles. The fourth-order valence-corrected chi connectivity index (χ4v) is 2.56. The lowest BCUT2D eigenvalue weighted by Gasteiger charge is -2.08. The van der Waals surface area contributed by atoms with Crippen molar-refractivity contribution in [3.63, 3.8) is 0 Å². The van der Waals surface area contributed by atoms with E-state index in [4.69, 9.17) is 5.14 Å². The van der Waals surface area contributed by atoms with Gasteiger partial charge in [-0.15, -0.1) is 0 Å². The molecule has 2 aromatic rings. The maximum atomic E-state index is 13.5. The van der Waals surface area contributed by atoms with Crippen LogP contribution in [0.5, 0.6) is 0 Å². The number of halogens is 3. The van der Waals surface area contributed by atoms with Crippen molar-refractivity contribution < 1.29 is 31.2 Å². The van der Waals surface area contributed by atoms with E-state index in [0.29, 0.717) is 11.6 Å². The summed E-state index contributed by atoms with van der Waals surface area (Å²) in [5.41, 5.74) is -0.0117. The molecular formula is C16H14F3N3O4S. The highest BCUT2D eigenvalue weighted by Crippen LogP contribution is 2.19. The number of carbonyl (C=O) groups excluding carboxylic acids is 2. The van der Waals surface area contributed by atoms with Gasteiger partial charge in [0.15, 0.2) is 17.5 Å². The minimum Gasteiger partial charge on any atom is -0.347 e. The Hall–Kier alpha value is -2.92. The van der Waals surface area contributed by atoms with Crippen molar-refractivity contribution in [2.75, 3.05) is 11.9 Å². The van der Waals surface area contributed by atoms with E-state index >= 15 is 0 Å². The number of hydrogen-bond donors (Lipinski definition) is 3. The van der Waals surface area contributed by atoms with Gasteiger partial charge < -0.3 is 10.6 Å². The maximum absolute atomic E-state index is 13.5. The average molecular weight is 401 g/mol. The van der Waals surface area contributed by atoms with Crippen LogP contribution in [0.2, 0.25) is 0 Å². The van der Waals surface area contributed by atoms with E-state index in [1.54, 1.807) is 0 Å². The van der Waals surface area contributed by atoms with E-state index in [0.717, 1.165) is 6.07 Å². The van der Waals surface area contributed by atoms with Crippen molar-refractivity contribution in [3.8, 4) is 0 Å². The lowest BCUT2D eigenvalue weighted by molar-refractivity contribution is -0.136. The number of amides is 2. The van der Waals surface area contributed by atoms with Gasteiger partial charge in [0.05, 0.1) is 10.6 Å². The molecule has 11 heteroatoms. The van der Waals surface area contributed by atoms with Gasteiger partial charge in [-0.05, 0) is 36.2 Å². The molecule has 4 N–H and O–H groups in total. The second-order valence-electron chi connectivity index (χ2n) is 5.37. The molecule has 144 valence electrons. The predicted octanol–water partition coefficient (Wildman–Crippen LogP) is 1.05. The molecular weight excluding hydrogens is 387 g/mol. The minimum atomic E-state index is -3.81. The number of rotatable bonds is 5. The number of nitrogens with one attached hydrogen (secondary N) is 2. The molecule has 0 unspecified atom stereocenters. The second-order valence-corrected chi connectivity index (χ2v) is 6.93. The summed E-state index contributed by atoms with van der Waals surface area (Å²) in [5.74, 6) is -7.18. The summed E-state index contributed by atoms with van der Waals surface area (Å²) >= 11 is 0. The van der Waals surface area contributed by atoms with E-state index in [2.05, 4.69) is 5.32 Å². The smallest absolute Gasteiger partial charge is 0.313 e. The summed E-state index contributed by atoms with van der Waals surface area (Å²) < 4.78 is 61.7. The van der Waals surface area contributed by atoms with E-state index in [1.165, 1.54) is 24.3 Å². The molecule has 0 aliphatic rings. The maximum Gasteiger partial charge on any atom is 0.313 e. The third-order valence-corrected chi connectivity index (χ3v) is 4.37. The molecule has 0 radical (unpaired) electrons. The van der Waals surface area contributed by atoms with E-state index in [9.17, 15) is 31.2 Å². The van der Waals surface area contributed by atoms with Crippen molar-refractivity contribution in [1.82, 2.24) is 5.32 Å². The van der Waals surface area contributed by atoms with Gasteiger partial charge in [0.1, 0.15) is 0 Å². The molecule has 0 aromatic heterocycles. The SMILES string of the molecule is NS(=O)(=O)c1ccc(CCNC(=O)C(=O)Nc2ccc(F)c(F)c2F)cc1. The first-order valence-corrected chi connectivity index (χ1v) is 8.98. The zero-order valence-corrected chi connectivity index (χ0v) is 14.4. The molecule has 27 heavy (non-hydrogen) atoms. The summed E-state index contributed by atoms with van der Waals surface area (Å²) in [5, 5.41) is 9.07. The highest BCUT2D eigenvalue weighted by atomic mass is 32.2. The molecule has 0 spiro atoms. The molecule has 0 saturated heterocycles. The van der Waals surface area contributed by atoms with Gasteiger partial charge in [-0.1, -0.05) is 12.1 Å². The van der Waals surface area contributed by atoms with Crippen LogP contribution < -0.4 is 15.8 Å². The zero-order valence-electron chi connectivity index (χ0n) is 13.6. The number of nitrogens with two attached hydrogens (primary N) is 1. The molecule has 2 rings (SSSR count). The Bertz CT molecular complexity index is 979. The number of benzene rings is 2. The Labute approximate surface area is 152 Å². The number of anilines is 1. The fraction of sp³-hybridized carbons (Fsp3) is 0.125. The summed E-state index contributed by atoms with van der Waals surface area (Å²) in [6.07, 6.45) is 0.267. The third-order valence-electron chi connectivity index (χ3n) is 3.44. The lowest BCUT2D eigenvalue weighted by Crippen LogP contribution is -2.36. The normalized spacial score (nSPS) is 11.1. The van der Waals surface area contributed by atoms with Crippen LogP contribution in [0.3, 0.4) is 0 Å². The van der Waals surface area contributed by atoms with Crippen LogP contribution in [0.15, 0.2) is 41.3 Å². The Morgan fingerprint density at radius 2 is 1.56 bits per heavy atom. The summed E-state index contributed by atoms with van der Waals surface area (Å²) in [4.78, 5) is 23.3. The predicted molar refractivity (Wildman–Crippen MR) is 89.5 cm³/mol. The second kappa shape index (κ2) is 8.18. The third kappa shape index (κ3) is 5.28. The molecule has 0 bridgehead atoms. The van der Waals surface area contributed by atoms with Crippen LogP contribution in [0.25, 0.3) is 0 Å². The molecule has 2 aromatic carbocycles. The molecule has 0 aliphatic carbocycles. The Morgan fingerprint density at radius 1 is 0.926 bits per heavy atom. The number of hydrogen-bond acceptors (Lipinski definition) is 4. The summed E-state index contributed by atoms with van der Waals surface area (Å²) in [6.45, 7) is 0.0151. The first-order chi connectivity index (χ1) is 12.6. The highest BCUT2D eigenvalue weighted by molar-refractivity contribution is 7.89. The topological polar surface area (TPSA) is 118 Å². The van der Waals surface area contributed by atoms with Crippen LogP contribution in [-0.2, 0) is 26.0 Å². The van der Waals surface area contributed by atoms with Gasteiger partial charge in [-0.25, -0.2) is 26.7 Å². The quantitative estimate of drug-likeness (QED) is 0.513. The van der Waals surface area contributed by atoms with Crippen molar-refractivity contribution in [3.05, 3.63) is 59.4 Å².